The lowest BCUT2D eigenvalue weighted by Gasteiger charge is -2.27. The number of anilines is 2. The molecule has 0 spiro atoms. The third kappa shape index (κ3) is 2.28. The SMILES string of the molecule is Cc1cc(N)cnc1N1CCCC1c1ccccc1. The van der Waals surface area contributed by atoms with Gasteiger partial charge in [-0.1, -0.05) is 30.3 Å². The number of aromatic nitrogens is 1. The van der Waals surface area contributed by atoms with Gasteiger partial charge in [0, 0.05) is 6.54 Å². The number of hydrogen-bond acceptors (Lipinski definition) is 3. The third-order valence-electron chi connectivity index (χ3n) is 3.78. The second-order valence-electron chi connectivity index (χ2n) is 5.17. The lowest BCUT2D eigenvalue weighted by atomic mass is 10.0. The van der Waals surface area contributed by atoms with Gasteiger partial charge < -0.3 is 10.6 Å². The maximum atomic E-state index is 5.79. The molecule has 0 aliphatic carbocycles. The third-order valence-corrected chi connectivity index (χ3v) is 3.78. The van der Waals surface area contributed by atoms with E-state index in [0.717, 1.165) is 23.6 Å². The number of aryl methyl sites for hydroxylation is 1. The molecule has 0 amide bonds. The van der Waals surface area contributed by atoms with Crippen LogP contribution in [0.4, 0.5) is 11.5 Å². The average Bonchev–Trinajstić information content (AvgIpc) is 2.89. The summed E-state index contributed by atoms with van der Waals surface area (Å²) in [5, 5.41) is 0. The number of nitrogen functional groups attached to an aromatic ring is 1. The number of nitrogens with two attached hydrogens (primary N) is 1. The molecule has 2 heterocycles. The van der Waals surface area contributed by atoms with E-state index in [1.807, 2.05) is 6.07 Å². The predicted octanol–water partition coefficient (Wildman–Crippen LogP) is 3.31. The van der Waals surface area contributed by atoms with Crippen LogP contribution >= 0.6 is 0 Å². The molecular formula is C16H19N3. The Morgan fingerprint density at radius 3 is 2.79 bits per heavy atom. The van der Waals surface area contributed by atoms with Crippen molar-refractivity contribution in [3.05, 3.63) is 53.7 Å². The molecule has 3 heteroatoms. The maximum absolute atomic E-state index is 5.79. The van der Waals surface area contributed by atoms with Gasteiger partial charge in [0.25, 0.3) is 0 Å². The number of benzene rings is 1. The Labute approximate surface area is 114 Å². The summed E-state index contributed by atoms with van der Waals surface area (Å²) in [7, 11) is 0. The molecule has 19 heavy (non-hydrogen) atoms. The molecule has 2 aromatic rings. The first-order valence-electron chi connectivity index (χ1n) is 6.79. The zero-order valence-corrected chi connectivity index (χ0v) is 11.2. The van der Waals surface area contributed by atoms with Crippen LogP contribution in [0.1, 0.15) is 30.0 Å². The molecule has 98 valence electrons. The molecule has 1 aliphatic heterocycles. The van der Waals surface area contributed by atoms with Crippen molar-refractivity contribution in [1.82, 2.24) is 4.98 Å². The van der Waals surface area contributed by atoms with Crippen molar-refractivity contribution in [2.75, 3.05) is 17.2 Å². The smallest absolute Gasteiger partial charge is 0.132 e. The van der Waals surface area contributed by atoms with Crippen molar-refractivity contribution in [2.24, 2.45) is 0 Å². The van der Waals surface area contributed by atoms with Crippen LogP contribution in [0.2, 0.25) is 0 Å². The Morgan fingerprint density at radius 1 is 1.26 bits per heavy atom. The normalized spacial score (nSPS) is 18.8. The van der Waals surface area contributed by atoms with E-state index >= 15 is 0 Å². The average molecular weight is 253 g/mol. The zero-order chi connectivity index (χ0) is 13.2. The largest absolute Gasteiger partial charge is 0.397 e. The van der Waals surface area contributed by atoms with Crippen LogP contribution in [0.15, 0.2) is 42.6 Å². The number of nitrogens with zero attached hydrogens (tertiary/aromatic N) is 2. The van der Waals surface area contributed by atoms with E-state index in [-0.39, 0.29) is 0 Å². The van der Waals surface area contributed by atoms with Crippen LogP contribution in [0.3, 0.4) is 0 Å². The van der Waals surface area contributed by atoms with Crippen molar-refractivity contribution in [3.8, 4) is 0 Å². The molecule has 1 aliphatic rings. The molecule has 1 saturated heterocycles. The van der Waals surface area contributed by atoms with Gasteiger partial charge in [-0.25, -0.2) is 4.98 Å². The van der Waals surface area contributed by atoms with E-state index in [4.69, 9.17) is 5.73 Å². The summed E-state index contributed by atoms with van der Waals surface area (Å²) in [6.07, 6.45) is 4.16. The molecule has 0 bridgehead atoms. The minimum atomic E-state index is 0.441. The molecule has 1 atom stereocenters. The van der Waals surface area contributed by atoms with Crippen molar-refractivity contribution in [1.29, 1.82) is 0 Å². The topological polar surface area (TPSA) is 42.1 Å². The first-order valence-corrected chi connectivity index (χ1v) is 6.79. The molecule has 1 unspecified atom stereocenters. The summed E-state index contributed by atoms with van der Waals surface area (Å²) in [5.41, 5.74) is 9.05. The highest BCUT2D eigenvalue weighted by Gasteiger charge is 2.27. The number of hydrogen-bond donors (Lipinski definition) is 1. The summed E-state index contributed by atoms with van der Waals surface area (Å²) < 4.78 is 0. The van der Waals surface area contributed by atoms with Crippen molar-refractivity contribution in [3.63, 3.8) is 0 Å². The molecule has 1 aromatic heterocycles. The second kappa shape index (κ2) is 4.92. The van der Waals surface area contributed by atoms with Gasteiger partial charge in [0.15, 0.2) is 0 Å². The van der Waals surface area contributed by atoms with Gasteiger partial charge in [0.05, 0.1) is 17.9 Å². The van der Waals surface area contributed by atoms with Gasteiger partial charge in [0.2, 0.25) is 0 Å². The summed E-state index contributed by atoms with van der Waals surface area (Å²) in [4.78, 5) is 6.94. The quantitative estimate of drug-likeness (QED) is 0.892. The molecule has 2 N–H and O–H groups in total. The Morgan fingerprint density at radius 2 is 2.05 bits per heavy atom. The van der Waals surface area contributed by atoms with Crippen LogP contribution in [0, 0.1) is 6.92 Å². The summed E-state index contributed by atoms with van der Waals surface area (Å²) >= 11 is 0. The maximum Gasteiger partial charge on any atom is 0.132 e. The monoisotopic (exact) mass is 253 g/mol. The van der Waals surface area contributed by atoms with Crippen molar-refractivity contribution in [2.45, 2.75) is 25.8 Å². The minimum Gasteiger partial charge on any atom is -0.397 e. The van der Waals surface area contributed by atoms with Crippen LogP contribution in [0.25, 0.3) is 0 Å². The first-order chi connectivity index (χ1) is 9.25. The van der Waals surface area contributed by atoms with E-state index in [1.54, 1.807) is 6.20 Å². The molecule has 0 radical (unpaired) electrons. The lowest BCUT2D eigenvalue weighted by molar-refractivity contribution is 0.710. The Hall–Kier alpha value is -2.03. The molecule has 3 rings (SSSR count). The van der Waals surface area contributed by atoms with Crippen LogP contribution in [-0.2, 0) is 0 Å². The Bertz CT molecular complexity index is 565. The van der Waals surface area contributed by atoms with Crippen LogP contribution in [0.5, 0.6) is 0 Å². The molecule has 0 saturated carbocycles. The predicted molar refractivity (Wildman–Crippen MR) is 79.1 cm³/mol. The van der Waals surface area contributed by atoms with Crippen LogP contribution < -0.4 is 10.6 Å². The van der Waals surface area contributed by atoms with Gasteiger partial charge in [-0.2, -0.15) is 0 Å². The van der Waals surface area contributed by atoms with Gasteiger partial charge in [0.1, 0.15) is 5.82 Å². The van der Waals surface area contributed by atoms with Crippen molar-refractivity contribution < 1.29 is 0 Å². The van der Waals surface area contributed by atoms with Crippen molar-refractivity contribution >= 4 is 11.5 Å². The fourth-order valence-electron chi connectivity index (χ4n) is 2.93. The fraction of sp³-hybridized carbons (Fsp3) is 0.312. The Balaban J connectivity index is 1.95. The van der Waals surface area contributed by atoms with E-state index < -0.39 is 0 Å². The molecule has 1 aromatic carbocycles. The first kappa shape index (κ1) is 12.0. The number of pyridine rings is 1. The molecule has 3 nitrogen and oxygen atoms in total. The highest BCUT2D eigenvalue weighted by atomic mass is 15.2. The molecule has 1 fully saturated rings. The van der Waals surface area contributed by atoms with Gasteiger partial charge >= 0.3 is 0 Å². The lowest BCUT2D eigenvalue weighted by Crippen LogP contribution is -2.24. The summed E-state index contributed by atoms with van der Waals surface area (Å²) in [6, 6.07) is 13.1. The zero-order valence-electron chi connectivity index (χ0n) is 11.2. The van der Waals surface area contributed by atoms with Gasteiger partial charge in [-0.05, 0) is 37.0 Å². The number of rotatable bonds is 2. The Kier molecular flexibility index (Phi) is 3.11. The summed E-state index contributed by atoms with van der Waals surface area (Å²) in [5.74, 6) is 1.07. The van der Waals surface area contributed by atoms with Gasteiger partial charge in [-0.3, -0.25) is 0 Å². The highest BCUT2D eigenvalue weighted by Crippen LogP contribution is 2.36. The highest BCUT2D eigenvalue weighted by molar-refractivity contribution is 5.54. The minimum absolute atomic E-state index is 0.441. The van der Waals surface area contributed by atoms with E-state index in [0.29, 0.717) is 6.04 Å². The molecular weight excluding hydrogens is 234 g/mol. The van der Waals surface area contributed by atoms with E-state index in [1.165, 1.54) is 18.4 Å². The van der Waals surface area contributed by atoms with E-state index in [2.05, 4.69) is 47.1 Å². The summed E-state index contributed by atoms with van der Waals surface area (Å²) in [6.45, 7) is 3.15. The fourth-order valence-corrected chi connectivity index (χ4v) is 2.93. The van der Waals surface area contributed by atoms with Crippen LogP contribution in [-0.4, -0.2) is 11.5 Å². The van der Waals surface area contributed by atoms with E-state index in [9.17, 15) is 0 Å². The second-order valence-corrected chi connectivity index (χ2v) is 5.17. The standard InChI is InChI=1S/C16H19N3/c1-12-10-14(17)11-18-16(12)19-9-5-8-15(19)13-6-3-2-4-7-13/h2-4,6-7,10-11,15H,5,8-9,17H2,1H3. The van der Waals surface area contributed by atoms with Gasteiger partial charge in [-0.15, -0.1) is 0 Å².